The van der Waals surface area contributed by atoms with E-state index in [1.165, 1.54) is 18.1 Å². The standard InChI is InChI=1S/C10H24OSi/c1-6-10(5)11-12(7-2,8-3)9-4/h10H,6-9H2,1-5H3/t10-/m1/s1. The summed E-state index contributed by atoms with van der Waals surface area (Å²) in [7, 11) is -1.30. The third-order valence-corrected chi connectivity index (χ3v) is 7.73. The molecule has 0 aliphatic carbocycles. The molecule has 0 aliphatic rings. The molecule has 0 aliphatic heterocycles. The van der Waals surface area contributed by atoms with Crippen LogP contribution in [0.4, 0.5) is 0 Å². The second kappa shape index (κ2) is 5.76. The van der Waals surface area contributed by atoms with Crippen LogP contribution < -0.4 is 0 Å². The topological polar surface area (TPSA) is 9.23 Å². The second-order valence-corrected chi connectivity index (χ2v) is 8.30. The summed E-state index contributed by atoms with van der Waals surface area (Å²) in [5, 5.41) is 0. The van der Waals surface area contributed by atoms with Gasteiger partial charge < -0.3 is 4.43 Å². The van der Waals surface area contributed by atoms with Crippen LogP contribution in [-0.2, 0) is 4.43 Å². The van der Waals surface area contributed by atoms with E-state index in [1.54, 1.807) is 0 Å². The second-order valence-electron chi connectivity index (χ2n) is 3.58. The summed E-state index contributed by atoms with van der Waals surface area (Å²) in [6, 6.07) is 3.80. The highest BCUT2D eigenvalue weighted by molar-refractivity contribution is 6.73. The van der Waals surface area contributed by atoms with Crippen molar-refractivity contribution in [1.29, 1.82) is 0 Å². The van der Waals surface area contributed by atoms with E-state index in [1.807, 2.05) is 0 Å². The molecule has 0 radical (unpaired) electrons. The van der Waals surface area contributed by atoms with Crippen molar-refractivity contribution in [3.05, 3.63) is 0 Å². The van der Waals surface area contributed by atoms with Crippen molar-refractivity contribution in [2.24, 2.45) is 0 Å². The average Bonchev–Trinajstić information content (AvgIpc) is 2.14. The summed E-state index contributed by atoms with van der Waals surface area (Å²) in [5.74, 6) is 0. The molecule has 0 aromatic rings. The molecule has 0 aromatic carbocycles. The Hall–Kier alpha value is 0.177. The fourth-order valence-electron chi connectivity index (χ4n) is 1.51. The van der Waals surface area contributed by atoms with Gasteiger partial charge in [-0.2, -0.15) is 0 Å². The molecule has 0 N–H and O–H groups in total. The Morgan fingerprint density at radius 2 is 1.42 bits per heavy atom. The molecule has 12 heavy (non-hydrogen) atoms. The van der Waals surface area contributed by atoms with Crippen LogP contribution in [0.15, 0.2) is 0 Å². The van der Waals surface area contributed by atoms with Crippen molar-refractivity contribution >= 4 is 8.32 Å². The summed E-state index contributed by atoms with van der Waals surface area (Å²) in [4.78, 5) is 0. The number of hydrogen-bond acceptors (Lipinski definition) is 1. The maximum absolute atomic E-state index is 6.17. The zero-order valence-corrected chi connectivity index (χ0v) is 10.3. The highest BCUT2D eigenvalue weighted by atomic mass is 28.4. The van der Waals surface area contributed by atoms with Gasteiger partial charge in [0.05, 0.1) is 0 Å². The Balaban J connectivity index is 4.09. The summed E-state index contributed by atoms with van der Waals surface area (Å²) < 4.78 is 6.17. The molecule has 0 unspecified atom stereocenters. The molecule has 1 atom stereocenters. The predicted octanol–water partition coefficient (Wildman–Crippen LogP) is 3.81. The van der Waals surface area contributed by atoms with E-state index < -0.39 is 8.32 Å². The van der Waals surface area contributed by atoms with Gasteiger partial charge in [-0.25, -0.2) is 0 Å². The van der Waals surface area contributed by atoms with E-state index in [9.17, 15) is 0 Å². The van der Waals surface area contributed by atoms with Crippen LogP contribution in [-0.4, -0.2) is 14.4 Å². The van der Waals surface area contributed by atoms with Gasteiger partial charge in [-0.15, -0.1) is 0 Å². The molecule has 0 spiro atoms. The summed E-state index contributed by atoms with van der Waals surface area (Å²) >= 11 is 0. The molecule has 0 heterocycles. The minimum absolute atomic E-state index is 0.469. The molecule has 0 aromatic heterocycles. The van der Waals surface area contributed by atoms with Crippen molar-refractivity contribution in [3.8, 4) is 0 Å². The normalized spacial score (nSPS) is 14.8. The quantitative estimate of drug-likeness (QED) is 0.576. The maximum atomic E-state index is 6.17. The fraction of sp³-hybridized carbons (Fsp3) is 1.00. The first-order valence-electron chi connectivity index (χ1n) is 5.31. The molecule has 0 saturated carbocycles. The van der Waals surface area contributed by atoms with E-state index >= 15 is 0 Å². The fourth-order valence-corrected chi connectivity index (χ4v) is 4.53. The summed E-state index contributed by atoms with van der Waals surface area (Å²) in [6.07, 6.45) is 1.62. The Morgan fingerprint density at radius 1 is 1.00 bits per heavy atom. The van der Waals surface area contributed by atoms with Crippen LogP contribution in [0, 0.1) is 0 Å². The molecule has 1 nitrogen and oxygen atoms in total. The van der Waals surface area contributed by atoms with Crippen LogP contribution in [0.3, 0.4) is 0 Å². The van der Waals surface area contributed by atoms with Gasteiger partial charge in [0.15, 0.2) is 8.32 Å². The van der Waals surface area contributed by atoms with E-state index in [2.05, 4.69) is 34.6 Å². The molecular weight excluding hydrogens is 164 g/mol. The lowest BCUT2D eigenvalue weighted by molar-refractivity contribution is 0.201. The molecule has 74 valence electrons. The van der Waals surface area contributed by atoms with Gasteiger partial charge in [-0.1, -0.05) is 27.7 Å². The van der Waals surface area contributed by atoms with E-state index in [-0.39, 0.29) is 0 Å². The lowest BCUT2D eigenvalue weighted by Gasteiger charge is -2.31. The SMILES string of the molecule is CC[C@@H](C)O[Si](CC)(CC)CC. The van der Waals surface area contributed by atoms with Gasteiger partial charge in [0.1, 0.15) is 0 Å². The van der Waals surface area contributed by atoms with Crippen molar-refractivity contribution in [3.63, 3.8) is 0 Å². The Kier molecular flexibility index (Phi) is 5.84. The van der Waals surface area contributed by atoms with Gasteiger partial charge in [-0.3, -0.25) is 0 Å². The van der Waals surface area contributed by atoms with Gasteiger partial charge in [-0.05, 0) is 31.5 Å². The minimum atomic E-state index is -1.30. The Bertz CT molecular complexity index is 102. The molecule has 0 rings (SSSR count). The zero-order chi connectivity index (χ0) is 9.61. The van der Waals surface area contributed by atoms with Crippen LogP contribution in [0.5, 0.6) is 0 Å². The molecule has 0 amide bonds. The van der Waals surface area contributed by atoms with Crippen molar-refractivity contribution in [2.75, 3.05) is 0 Å². The highest BCUT2D eigenvalue weighted by Gasteiger charge is 2.29. The summed E-state index contributed by atoms with van der Waals surface area (Å²) in [6.45, 7) is 11.2. The maximum Gasteiger partial charge on any atom is 0.192 e. The van der Waals surface area contributed by atoms with Crippen LogP contribution in [0.1, 0.15) is 41.0 Å². The lowest BCUT2D eigenvalue weighted by Crippen LogP contribution is -2.38. The number of rotatable bonds is 6. The van der Waals surface area contributed by atoms with Crippen molar-refractivity contribution in [2.45, 2.75) is 65.3 Å². The molecule has 0 saturated heterocycles. The third-order valence-electron chi connectivity index (χ3n) is 2.96. The van der Waals surface area contributed by atoms with Crippen LogP contribution >= 0.6 is 0 Å². The Morgan fingerprint density at radius 3 is 1.67 bits per heavy atom. The molecular formula is C10H24OSi. The third kappa shape index (κ3) is 3.28. The van der Waals surface area contributed by atoms with Gasteiger partial charge in [0, 0.05) is 6.10 Å². The van der Waals surface area contributed by atoms with Gasteiger partial charge in [0.2, 0.25) is 0 Å². The largest absolute Gasteiger partial charge is 0.414 e. The molecule has 2 heteroatoms. The number of hydrogen-bond donors (Lipinski definition) is 0. The first-order valence-corrected chi connectivity index (χ1v) is 7.84. The first kappa shape index (κ1) is 12.2. The van der Waals surface area contributed by atoms with Crippen molar-refractivity contribution in [1.82, 2.24) is 0 Å². The summed E-state index contributed by atoms with van der Waals surface area (Å²) in [5.41, 5.74) is 0. The van der Waals surface area contributed by atoms with Gasteiger partial charge in [0.25, 0.3) is 0 Å². The minimum Gasteiger partial charge on any atom is -0.414 e. The van der Waals surface area contributed by atoms with E-state index in [4.69, 9.17) is 4.43 Å². The van der Waals surface area contributed by atoms with Crippen LogP contribution in [0.2, 0.25) is 18.1 Å². The van der Waals surface area contributed by atoms with Crippen molar-refractivity contribution < 1.29 is 4.43 Å². The zero-order valence-electron chi connectivity index (χ0n) is 9.31. The van der Waals surface area contributed by atoms with Gasteiger partial charge >= 0.3 is 0 Å². The van der Waals surface area contributed by atoms with E-state index in [0.29, 0.717) is 6.10 Å². The van der Waals surface area contributed by atoms with E-state index in [0.717, 1.165) is 6.42 Å². The highest BCUT2D eigenvalue weighted by Crippen LogP contribution is 2.23. The molecule has 0 fully saturated rings. The monoisotopic (exact) mass is 188 g/mol. The first-order chi connectivity index (χ1) is 5.64. The lowest BCUT2D eigenvalue weighted by atomic mass is 10.3. The average molecular weight is 188 g/mol. The molecule has 0 bridgehead atoms. The smallest absolute Gasteiger partial charge is 0.192 e. The Labute approximate surface area is 78.6 Å². The van der Waals surface area contributed by atoms with Crippen LogP contribution in [0.25, 0.3) is 0 Å². The predicted molar refractivity (Wildman–Crippen MR) is 58.0 cm³/mol.